The van der Waals surface area contributed by atoms with Crippen LogP contribution in [0.15, 0.2) is 46.9 Å². The zero-order valence-corrected chi connectivity index (χ0v) is 15.4. The summed E-state index contributed by atoms with van der Waals surface area (Å²) in [6, 6.07) is 11.0. The predicted octanol–water partition coefficient (Wildman–Crippen LogP) is 4.78. The highest BCUT2D eigenvalue weighted by molar-refractivity contribution is 9.10. The number of halogens is 2. The molecule has 0 fully saturated rings. The molecule has 1 N–H and O–H groups in total. The molecule has 0 unspecified atom stereocenters. The third-order valence-corrected chi connectivity index (χ3v) is 4.83. The topological polar surface area (TPSA) is 98.0 Å². The number of benzene rings is 2. The molecule has 0 bridgehead atoms. The van der Waals surface area contributed by atoms with Crippen molar-refractivity contribution < 1.29 is 9.72 Å². The van der Waals surface area contributed by atoms with Gasteiger partial charge in [-0.3, -0.25) is 20.2 Å². The molecule has 1 aromatic heterocycles. The molecule has 3 rings (SSSR count). The number of nitrogens with one attached hydrogen (secondary N) is 1. The third kappa shape index (κ3) is 4.01. The maximum Gasteiger partial charge on any atom is 0.270 e. The number of hydrogen-bond acceptors (Lipinski definition) is 6. The Kier molecular flexibility index (Phi) is 5.07. The van der Waals surface area contributed by atoms with Crippen LogP contribution in [0.3, 0.4) is 0 Å². The molecule has 0 aliphatic heterocycles. The number of anilines is 1. The number of rotatable bonds is 4. The quantitative estimate of drug-likeness (QED) is 0.466. The molecule has 3 aromatic rings. The van der Waals surface area contributed by atoms with Crippen molar-refractivity contribution in [2.75, 3.05) is 5.32 Å². The Morgan fingerprint density at radius 2 is 2.04 bits per heavy atom. The summed E-state index contributed by atoms with van der Waals surface area (Å²) in [5, 5.41) is 22.4. The van der Waals surface area contributed by atoms with E-state index in [1.165, 1.54) is 12.1 Å². The summed E-state index contributed by atoms with van der Waals surface area (Å²) in [5.74, 6) is -0.423. The molecule has 7 nitrogen and oxygen atoms in total. The van der Waals surface area contributed by atoms with Crippen molar-refractivity contribution in [2.24, 2.45) is 0 Å². The number of non-ortho nitro benzene ring substituents is 1. The van der Waals surface area contributed by atoms with E-state index in [-0.39, 0.29) is 10.8 Å². The first-order valence-corrected chi connectivity index (χ1v) is 8.77. The maximum atomic E-state index is 12.3. The number of nitrogens with zero attached hydrogens (tertiary/aromatic N) is 3. The van der Waals surface area contributed by atoms with Crippen LogP contribution in [0.25, 0.3) is 10.6 Å². The molecule has 0 radical (unpaired) electrons. The van der Waals surface area contributed by atoms with E-state index in [9.17, 15) is 14.9 Å². The lowest BCUT2D eigenvalue weighted by Crippen LogP contribution is -2.12. The van der Waals surface area contributed by atoms with Gasteiger partial charge < -0.3 is 0 Å². The fraction of sp³-hybridized carbons (Fsp3) is 0. The van der Waals surface area contributed by atoms with Gasteiger partial charge in [-0.1, -0.05) is 51.0 Å². The predicted molar refractivity (Wildman–Crippen MR) is 99.1 cm³/mol. The van der Waals surface area contributed by atoms with Crippen molar-refractivity contribution in [3.05, 3.63) is 67.6 Å². The monoisotopic (exact) mass is 438 g/mol. The van der Waals surface area contributed by atoms with Gasteiger partial charge in [0.25, 0.3) is 11.6 Å². The zero-order valence-electron chi connectivity index (χ0n) is 12.3. The van der Waals surface area contributed by atoms with E-state index in [4.69, 9.17) is 11.6 Å². The van der Waals surface area contributed by atoms with Crippen LogP contribution in [-0.2, 0) is 0 Å². The van der Waals surface area contributed by atoms with Crippen LogP contribution < -0.4 is 5.32 Å². The van der Waals surface area contributed by atoms with Crippen LogP contribution in [0.4, 0.5) is 10.8 Å². The van der Waals surface area contributed by atoms with E-state index in [0.29, 0.717) is 21.2 Å². The highest BCUT2D eigenvalue weighted by Gasteiger charge is 2.15. The molecule has 1 heterocycles. The molecule has 126 valence electrons. The molecule has 0 atom stereocenters. The van der Waals surface area contributed by atoms with E-state index in [0.717, 1.165) is 15.8 Å². The van der Waals surface area contributed by atoms with E-state index in [1.54, 1.807) is 30.3 Å². The summed E-state index contributed by atoms with van der Waals surface area (Å²) >= 11 is 10.4. The van der Waals surface area contributed by atoms with Gasteiger partial charge in [-0.2, -0.15) is 0 Å². The number of nitro benzene ring substituents is 1. The first-order chi connectivity index (χ1) is 11.9. The molecule has 0 aliphatic carbocycles. The first-order valence-electron chi connectivity index (χ1n) is 6.79. The molecular weight excluding hydrogens is 432 g/mol. The van der Waals surface area contributed by atoms with Crippen molar-refractivity contribution in [3.63, 3.8) is 0 Å². The summed E-state index contributed by atoms with van der Waals surface area (Å²) in [6.45, 7) is 0. The Hall–Kier alpha value is -2.36. The molecule has 2 aromatic carbocycles. The van der Waals surface area contributed by atoms with Crippen molar-refractivity contribution >= 4 is 55.6 Å². The standard InChI is InChI=1S/C15H8BrClN4O3S/c16-9-4-5-12(17)11(7-9)13(22)18-15-20-19-14(25-15)8-2-1-3-10(6-8)21(23)24/h1-7H,(H,18,20,22). The van der Waals surface area contributed by atoms with Gasteiger partial charge >= 0.3 is 0 Å². The van der Waals surface area contributed by atoms with Crippen LogP contribution in [0.5, 0.6) is 0 Å². The second-order valence-corrected chi connectivity index (χ2v) is 7.10. The highest BCUT2D eigenvalue weighted by atomic mass is 79.9. The van der Waals surface area contributed by atoms with E-state index >= 15 is 0 Å². The van der Waals surface area contributed by atoms with Gasteiger partial charge in [-0.15, -0.1) is 10.2 Å². The molecule has 0 aliphatic rings. The summed E-state index contributed by atoms with van der Waals surface area (Å²) in [4.78, 5) is 22.7. The normalized spacial score (nSPS) is 10.5. The van der Waals surface area contributed by atoms with E-state index in [2.05, 4.69) is 31.4 Å². The van der Waals surface area contributed by atoms with Gasteiger partial charge in [-0.25, -0.2) is 0 Å². The minimum absolute atomic E-state index is 0.0424. The van der Waals surface area contributed by atoms with Crippen molar-refractivity contribution in [1.29, 1.82) is 0 Å². The van der Waals surface area contributed by atoms with Gasteiger partial charge in [0.2, 0.25) is 5.13 Å². The fourth-order valence-corrected chi connectivity index (χ4v) is 3.28. The van der Waals surface area contributed by atoms with Crippen LogP contribution in [0, 0.1) is 10.1 Å². The van der Waals surface area contributed by atoms with Gasteiger partial charge in [0.05, 0.1) is 15.5 Å². The maximum absolute atomic E-state index is 12.3. The molecule has 10 heteroatoms. The number of nitro groups is 1. The average molecular weight is 440 g/mol. The molecule has 0 spiro atoms. The van der Waals surface area contributed by atoms with E-state index < -0.39 is 10.8 Å². The zero-order chi connectivity index (χ0) is 18.0. The largest absolute Gasteiger partial charge is 0.296 e. The van der Waals surface area contributed by atoms with Crippen molar-refractivity contribution in [2.45, 2.75) is 0 Å². The van der Waals surface area contributed by atoms with Crippen LogP contribution in [0.2, 0.25) is 5.02 Å². The number of amides is 1. The third-order valence-electron chi connectivity index (χ3n) is 3.12. The Balaban J connectivity index is 1.82. The minimum atomic E-state index is -0.484. The molecular formula is C15H8BrClN4O3S. The van der Waals surface area contributed by atoms with Gasteiger partial charge in [-0.05, 0) is 18.2 Å². The summed E-state index contributed by atoms with van der Waals surface area (Å²) in [7, 11) is 0. The average Bonchev–Trinajstić information content (AvgIpc) is 3.05. The Morgan fingerprint density at radius 3 is 2.80 bits per heavy atom. The van der Waals surface area contributed by atoms with Crippen LogP contribution >= 0.6 is 38.9 Å². The molecule has 25 heavy (non-hydrogen) atoms. The van der Waals surface area contributed by atoms with E-state index in [1.807, 2.05) is 0 Å². The number of carbonyl (C=O) groups is 1. The SMILES string of the molecule is O=C(Nc1nnc(-c2cccc([N+](=O)[O-])c2)s1)c1cc(Br)ccc1Cl. The highest BCUT2D eigenvalue weighted by Crippen LogP contribution is 2.29. The van der Waals surface area contributed by atoms with Gasteiger partial charge in [0.1, 0.15) is 5.01 Å². The summed E-state index contributed by atoms with van der Waals surface area (Å²) < 4.78 is 0.719. The van der Waals surface area contributed by atoms with Crippen molar-refractivity contribution in [1.82, 2.24) is 10.2 Å². The second-order valence-electron chi connectivity index (χ2n) is 4.80. The number of hydrogen-bond donors (Lipinski definition) is 1. The fourth-order valence-electron chi connectivity index (χ4n) is 1.98. The van der Waals surface area contributed by atoms with Crippen molar-refractivity contribution in [3.8, 4) is 10.6 Å². The number of aromatic nitrogens is 2. The lowest BCUT2D eigenvalue weighted by molar-refractivity contribution is -0.384. The molecule has 1 amide bonds. The summed E-state index contributed by atoms with van der Waals surface area (Å²) in [5.41, 5.74) is 0.801. The van der Waals surface area contributed by atoms with Crippen LogP contribution in [0.1, 0.15) is 10.4 Å². The smallest absolute Gasteiger partial charge is 0.270 e. The lowest BCUT2D eigenvalue weighted by Gasteiger charge is -2.04. The first kappa shape index (κ1) is 17.5. The van der Waals surface area contributed by atoms with Crippen LogP contribution in [-0.4, -0.2) is 21.0 Å². The Bertz CT molecular complexity index is 979. The molecule has 0 saturated heterocycles. The lowest BCUT2D eigenvalue weighted by atomic mass is 10.2. The molecule has 0 saturated carbocycles. The second kappa shape index (κ2) is 7.26. The summed E-state index contributed by atoms with van der Waals surface area (Å²) in [6.07, 6.45) is 0. The Morgan fingerprint density at radius 1 is 1.24 bits per heavy atom. The number of carbonyl (C=O) groups excluding carboxylic acids is 1. The Labute approximate surface area is 158 Å². The van der Waals surface area contributed by atoms with Gasteiger partial charge in [0.15, 0.2) is 0 Å². The minimum Gasteiger partial charge on any atom is -0.296 e. The van der Waals surface area contributed by atoms with Gasteiger partial charge in [0, 0.05) is 22.2 Å².